The van der Waals surface area contributed by atoms with Crippen LogP contribution in [0, 0.1) is 5.95 Å². The fourth-order valence-corrected chi connectivity index (χ4v) is 3.14. The third-order valence-electron chi connectivity index (χ3n) is 2.93. The molecule has 1 fully saturated rings. The maximum absolute atomic E-state index is 13.3. The molecular weight excluding hydrogens is 239 g/mol. The van der Waals surface area contributed by atoms with Gasteiger partial charge in [0, 0.05) is 17.5 Å². The Balaban J connectivity index is 1.96. The van der Waals surface area contributed by atoms with E-state index in [4.69, 9.17) is 0 Å². The van der Waals surface area contributed by atoms with Crippen molar-refractivity contribution in [2.45, 2.75) is 24.5 Å². The second-order valence-corrected chi connectivity index (χ2v) is 6.11. The summed E-state index contributed by atoms with van der Waals surface area (Å²) in [4.78, 5) is 15.2. The lowest BCUT2D eigenvalue weighted by Crippen LogP contribution is -2.37. The first-order valence-corrected chi connectivity index (χ1v) is 6.62. The predicted molar refractivity (Wildman–Crippen MR) is 66.6 cm³/mol. The van der Waals surface area contributed by atoms with Crippen LogP contribution in [0.2, 0.25) is 0 Å². The Morgan fingerprint density at radius 2 is 2.53 bits per heavy atom. The zero-order valence-electron chi connectivity index (χ0n) is 9.70. The number of carbonyl (C=O) groups is 1. The van der Waals surface area contributed by atoms with Crippen molar-refractivity contribution < 1.29 is 9.18 Å². The lowest BCUT2D eigenvalue weighted by molar-refractivity contribution is 0.0945. The molecule has 1 amide bonds. The number of hydrogen-bond donors (Lipinski definition) is 1. The van der Waals surface area contributed by atoms with Crippen LogP contribution in [0.3, 0.4) is 0 Å². The van der Waals surface area contributed by atoms with Crippen molar-refractivity contribution in [3.63, 3.8) is 0 Å². The molecule has 0 spiro atoms. The molecule has 0 radical (unpaired) electrons. The predicted octanol–water partition coefficient (Wildman–Crippen LogP) is 2.24. The van der Waals surface area contributed by atoms with E-state index in [9.17, 15) is 9.18 Å². The fraction of sp³-hybridized carbons (Fsp3) is 0.500. The molecule has 3 nitrogen and oxygen atoms in total. The molecule has 1 N–H and O–H groups in total. The van der Waals surface area contributed by atoms with E-state index in [1.54, 1.807) is 6.07 Å². The first-order valence-electron chi connectivity index (χ1n) is 5.63. The first kappa shape index (κ1) is 12.4. The topological polar surface area (TPSA) is 42.0 Å². The quantitative estimate of drug-likeness (QED) is 0.841. The first-order chi connectivity index (χ1) is 8.11. The van der Waals surface area contributed by atoms with E-state index in [1.165, 1.54) is 18.7 Å². The molecule has 17 heavy (non-hydrogen) atoms. The second-order valence-electron chi connectivity index (χ2n) is 4.43. The smallest absolute Gasteiger partial charge is 0.255 e. The largest absolute Gasteiger partial charge is 0.351 e. The maximum atomic E-state index is 13.3. The van der Waals surface area contributed by atoms with Crippen LogP contribution in [0.25, 0.3) is 0 Å². The van der Waals surface area contributed by atoms with Crippen molar-refractivity contribution in [2.24, 2.45) is 0 Å². The maximum Gasteiger partial charge on any atom is 0.255 e. The van der Waals surface area contributed by atoms with Gasteiger partial charge in [0.2, 0.25) is 5.95 Å². The van der Waals surface area contributed by atoms with Crippen molar-refractivity contribution in [1.82, 2.24) is 10.3 Å². The van der Waals surface area contributed by atoms with Gasteiger partial charge in [-0.1, -0.05) is 0 Å². The van der Waals surface area contributed by atoms with Crippen LogP contribution in [0.15, 0.2) is 18.3 Å². The molecule has 0 aliphatic carbocycles. The number of carbonyl (C=O) groups excluding carboxylic acids is 1. The lowest BCUT2D eigenvalue weighted by Gasteiger charge is -2.22. The highest BCUT2D eigenvalue weighted by molar-refractivity contribution is 8.00. The van der Waals surface area contributed by atoms with Crippen LogP contribution < -0.4 is 5.32 Å². The molecular formula is C12H15FN2OS. The Kier molecular flexibility index (Phi) is 3.66. The average molecular weight is 254 g/mol. The van der Waals surface area contributed by atoms with E-state index in [2.05, 4.69) is 17.2 Å². The number of amides is 1. The monoisotopic (exact) mass is 254 g/mol. The molecule has 0 saturated carbocycles. The minimum Gasteiger partial charge on any atom is -0.351 e. The highest BCUT2D eigenvalue weighted by Gasteiger charge is 2.30. The van der Waals surface area contributed by atoms with Gasteiger partial charge in [0.15, 0.2) is 0 Å². The number of aromatic nitrogens is 1. The third-order valence-corrected chi connectivity index (χ3v) is 4.47. The molecule has 1 aliphatic heterocycles. The van der Waals surface area contributed by atoms with Gasteiger partial charge < -0.3 is 5.32 Å². The van der Waals surface area contributed by atoms with Crippen molar-refractivity contribution in [2.75, 3.05) is 12.3 Å². The van der Waals surface area contributed by atoms with Crippen molar-refractivity contribution in [1.29, 1.82) is 0 Å². The standard InChI is InChI=1S/C12H15FN2OS/c1-12(5-3-7-17-12)8-15-11(16)9-4-2-6-14-10(9)13/h2,4,6H,3,5,7-8H2,1H3,(H,15,16). The van der Waals surface area contributed by atoms with Crippen LogP contribution >= 0.6 is 11.8 Å². The summed E-state index contributed by atoms with van der Waals surface area (Å²) in [5.74, 6) is 0.0340. The summed E-state index contributed by atoms with van der Waals surface area (Å²) in [6.45, 7) is 2.70. The van der Waals surface area contributed by atoms with Crippen molar-refractivity contribution in [3.8, 4) is 0 Å². The summed E-state index contributed by atoms with van der Waals surface area (Å²) < 4.78 is 13.4. The Bertz CT molecular complexity index is 419. The number of rotatable bonds is 3. The average Bonchev–Trinajstić information content (AvgIpc) is 2.74. The van der Waals surface area contributed by atoms with Gasteiger partial charge >= 0.3 is 0 Å². The molecule has 2 rings (SSSR count). The molecule has 1 aromatic heterocycles. The van der Waals surface area contributed by atoms with Gasteiger partial charge in [0.25, 0.3) is 5.91 Å². The highest BCUT2D eigenvalue weighted by atomic mass is 32.2. The molecule has 0 bridgehead atoms. The van der Waals surface area contributed by atoms with E-state index in [-0.39, 0.29) is 16.2 Å². The molecule has 1 atom stereocenters. The minimum atomic E-state index is -0.714. The van der Waals surface area contributed by atoms with E-state index < -0.39 is 5.95 Å². The Morgan fingerprint density at radius 1 is 1.71 bits per heavy atom. The van der Waals surface area contributed by atoms with Crippen molar-refractivity contribution >= 4 is 17.7 Å². The fourth-order valence-electron chi connectivity index (χ4n) is 1.89. The summed E-state index contributed by atoms with van der Waals surface area (Å²) in [6.07, 6.45) is 3.60. The zero-order chi connectivity index (χ0) is 12.3. The number of pyridine rings is 1. The summed E-state index contributed by atoms with van der Waals surface area (Å²) >= 11 is 1.86. The number of hydrogen-bond acceptors (Lipinski definition) is 3. The number of nitrogens with zero attached hydrogens (tertiary/aromatic N) is 1. The Morgan fingerprint density at radius 3 is 3.18 bits per heavy atom. The molecule has 1 aliphatic rings. The summed E-state index contributed by atoms with van der Waals surface area (Å²) in [5.41, 5.74) is 0.0131. The summed E-state index contributed by atoms with van der Waals surface area (Å²) in [7, 11) is 0. The minimum absolute atomic E-state index is 0.0131. The van der Waals surface area contributed by atoms with Gasteiger partial charge in [-0.15, -0.1) is 0 Å². The zero-order valence-corrected chi connectivity index (χ0v) is 10.5. The second kappa shape index (κ2) is 5.04. The van der Waals surface area contributed by atoms with Crippen LogP contribution in [0.1, 0.15) is 30.1 Å². The molecule has 2 heterocycles. The normalized spacial score (nSPS) is 23.6. The highest BCUT2D eigenvalue weighted by Crippen LogP contribution is 2.36. The number of nitrogens with one attached hydrogen (secondary N) is 1. The molecule has 1 unspecified atom stereocenters. The van der Waals surface area contributed by atoms with E-state index >= 15 is 0 Å². The van der Waals surface area contributed by atoms with E-state index in [1.807, 2.05) is 11.8 Å². The van der Waals surface area contributed by atoms with E-state index in [0.717, 1.165) is 12.2 Å². The third kappa shape index (κ3) is 2.97. The van der Waals surface area contributed by atoms with Crippen LogP contribution in [0.5, 0.6) is 0 Å². The van der Waals surface area contributed by atoms with Gasteiger partial charge in [-0.05, 0) is 37.7 Å². The van der Waals surface area contributed by atoms with Crippen LogP contribution in [-0.2, 0) is 0 Å². The lowest BCUT2D eigenvalue weighted by atomic mass is 10.1. The Labute approximate surface area is 104 Å². The molecule has 1 saturated heterocycles. The van der Waals surface area contributed by atoms with Crippen molar-refractivity contribution in [3.05, 3.63) is 29.8 Å². The number of halogens is 1. The van der Waals surface area contributed by atoms with Gasteiger partial charge in [0.05, 0.1) is 5.56 Å². The Hall–Kier alpha value is -1.10. The van der Waals surface area contributed by atoms with E-state index in [0.29, 0.717) is 6.54 Å². The molecule has 5 heteroatoms. The molecule has 1 aromatic rings. The van der Waals surface area contributed by atoms with Gasteiger partial charge in [-0.3, -0.25) is 4.79 Å². The summed E-state index contributed by atoms with van der Waals surface area (Å²) in [5, 5.41) is 2.78. The molecule has 92 valence electrons. The SMILES string of the molecule is CC1(CNC(=O)c2cccnc2F)CCCS1. The molecule has 0 aromatic carbocycles. The van der Waals surface area contributed by atoms with Crippen LogP contribution in [-0.4, -0.2) is 27.9 Å². The van der Waals surface area contributed by atoms with Gasteiger partial charge in [0.1, 0.15) is 0 Å². The number of thioether (sulfide) groups is 1. The van der Waals surface area contributed by atoms with Crippen LogP contribution in [0.4, 0.5) is 4.39 Å². The van der Waals surface area contributed by atoms with Gasteiger partial charge in [-0.25, -0.2) is 4.98 Å². The summed E-state index contributed by atoms with van der Waals surface area (Å²) in [6, 6.07) is 3.01. The van der Waals surface area contributed by atoms with Gasteiger partial charge in [-0.2, -0.15) is 16.2 Å².